The molecule has 0 amide bonds. The van der Waals surface area contributed by atoms with Crippen molar-refractivity contribution in [3.63, 3.8) is 0 Å². The highest BCUT2D eigenvalue weighted by molar-refractivity contribution is 5.39. The first-order chi connectivity index (χ1) is 10.5. The van der Waals surface area contributed by atoms with Crippen molar-refractivity contribution in [2.75, 3.05) is 13.2 Å². The Morgan fingerprint density at radius 2 is 2.09 bits per heavy atom. The van der Waals surface area contributed by atoms with Crippen molar-refractivity contribution < 1.29 is 22.4 Å². The molecule has 1 N–H and O–H groups in total. The molecule has 3 rings (SSSR count). The summed E-state index contributed by atoms with van der Waals surface area (Å²) in [6.07, 6.45) is -5.50. The van der Waals surface area contributed by atoms with Gasteiger partial charge < -0.3 is 9.26 Å². The van der Waals surface area contributed by atoms with Gasteiger partial charge in [-0.05, 0) is 6.07 Å². The minimum atomic E-state index is -4.23. The van der Waals surface area contributed by atoms with Crippen molar-refractivity contribution in [2.45, 2.75) is 25.1 Å². The van der Waals surface area contributed by atoms with Gasteiger partial charge in [0, 0.05) is 18.5 Å². The van der Waals surface area contributed by atoms with E-state index >= 15 is 0 Å². The summed E-state index contributed by atoms with van der Waals surface area (Å²) in [6, 6.07) is 7.01. The molecule has 0 aliphatic carbocycles. The smallest absolute Gasteiger partial charge is 0.389 e. The Hall–Kier alpha value is -2.09. The van der Waals surface area contributed by atoms with Crippen molar-refractivity contribution in [3.05, 3.63) is 41.5 Å². The maximum absolute atomic E-state index is 12.2. The van der Waals surface area contributed by atoms with Crippen molar-refractivity contribution in [1.29, 1.82) is 0 Å². The van der Waals surface area contributed by atoms with E-state index in [-0.39, 0.29) is 24.2 Å². The molecule has 118 valence electrons. The molecule has 0 saturated carbocycles. The Morgan fingerprint density at radius 1 is 1.27 bits per heavy atom. The minimum Gasteiger partial charge on any atom is -0.492 e. The van der Waals surface area contributed by atoms with Crippen molar-refractivity contribution >= 4 is 0 Å². The molecule has 1 aromatic carbocycles. The third kappa shape index (κ3) is 3.38. The summed E-state index contributed by atoms with van der Waals surface area (Å²) < 4.78 is 47.4. The maximum atomic E-state index is 12.2. The molecule has 5 nitrogen and oxygen atoms in total. The van der Waals surface area contributed by atoms with Crippen LogP contribution in [-0.4, -0.2) is 29.5 Å². The topological polar surface area (TPSA) is 60.2 Å². The zero-order chi connectivity index (χ0) is 15.6. The Kier molecular flexibility index (Phi) is 4.02. The first kappa shape index (κ1) is 14.8. The molecular formula is C14H14F3N3O2. The third-order valence-electron chi connectivity index (χ3n) is 3.30. The molecule has 1 aromatic heterocycles. The summed E-state index contributed by atoms with van der Waals surface area (Å²) in [5.74, 6) is 0.999. The highest BCUT2D eigenvalue weighted by Crippen LogP contribution is 2.31. The van der Waals surface area contributed by atoms with E-state index in [9.17, 15) is 13.2 Å². The van der Waals surface area contributed by atoms with Crippen molar-refractivity contribution in [2.24, 2.45) is 0 Å². The third-order valence-corrected chi connectivity index (χ3v) is 3.30. The Labute approximate surface area is 124 Å². The SMILES string of the molecule is FC(F)(F)CCc1noc(C2NCCOc3ccccc32)n1. The van der Waals surface area contributed by atoms with E-state index in [0.717, 1.165) is 5.56 Å². The highest BCUT2D eigenvalue weighted by atomic mass is 19.4. The molecule has 0 saturated heterocycles. The molecule has 2 aromatic rings. The molecule has 1 aliphatic heterocycles. The number of aromatic nitrogens is 2. The number of halogens is 3. The highest BCUT2D eigenvalue weighted by Gasteiger charge is 2.29. The van der Waals surface area contributed by atoms with E-state index in [0.29, 0.717) is 18.9 Å². The lowest BCUT2D eigenvalue weighted by Crippen LogP contribution is -2.24. The fourth-order valence-electron chi connectivity index (χ4n) is 2.28. The van der Waals surface area contributed by atoms with Gasteiger partial charge >= 0.3 is 6.18 Å². The zero-order valence-electron chi connectivity index (χ0n) is 11.6. The summed E-state index contributed by atoms with van der Waals surface area (Å²) in [5, 5.41) is 6.83. The summed E-state index contributed by atoms with van der Waals surface area (Å²) in [6.45, 7) is 1.06. The van der Waals surface area contributed by atoms with Crippen LogP contribution in [0.4, 0.5) is 13.2 Å². The molecule has 1 unspecified atom stereocenters. The monoisotopic (exact) mass is 313 g/mol. The van der Waals surface area contributed by atoms with Crippen LogP contribution >= 0.6 is 0 Å². The Bertz CT molecular complexity index is 642. The molecular weight excluding hydrogens is 299 g/mol. The first-order valence-electron chi connectivity index (χ1n) is 6.87. The van der Waals surface area contributed by atoms with E-state index in [4.69, 9.17) is 9.26 Å². The van der Waals surface area contributed by atoms with Gasteiger partial charge in [-0.2, -0.15) is 18.2 Å². The van der Waals surface area contributed by atoms with Crippen molar-refractivity contribution in [1.82, 2.24) is 15.5 Å². The number of aryl methyl sites for hydroxylation is 1. The quantitative estimate of drug-likeness (QED) is 0.944. The molecule has 1 aliphatic rings. The van der Waals surface area contributed by atoms with Crippen LogP contribution in [0.1, 0.15) is 29.7 Å². The number of benzene rings is 1. The van der Waals surface area contributed by atoms with Crippen LogP contribution in [-0.2, 0) is 6.42 Å². The number of nitrogens with zero attached hydrogens (tertiary/aromatic N) is 2. The predicted molar refractivity (Wildman–Crippen MR) is 70.5 cm³/mol. The minimum absolute atomic E-state index is 0.0526. The molecule has 22 heavy (non-hydrogen) atoms. The van der Waals surface area contributed by atoms with E-state index in [2.05, 4.69) is 15.5 Å². The van der Waals surface area contributed by atoms with Crippen LogP contribution < -0.4 is 10.1 Å². The van der Waals surface area contributed by atoms with Gasteiger partial charge in [0.2, 0.25) is 5.89 Å². The second kappa shape index (κ2) is 5.96. The summed E-state index contributed by atoms with van der Waals surface area (Å²) in [7, 11) is 0. The van der Waals surface area contributed by atoms with Crippen LogP contribution in [0.5, 0.6) is 5.75 Å². The maximum Gasteiger partial charge on any atom is 0.389 e. The molecule has 0 spiro atoms. The van der Waals surface area contributed by atoms with Crippen LogP contribution in [0.15, 0.2) is 28.8 Å². The second-order valence-electron chi connectivity index (χ2n) is 4.94. The molecule has 0 radical (unpaired) electrons. The van der Waals surface area contributed by atoms with Crippen LogP contribution in [0.3, 0.4) is 0 Å². The van der Waals surface area contributed by atoms with E-state index in [1.165, 1.54) is 0 Å². The standard InChI is InChI=1S/C14H14F3N3O2/c15-14(16,17)6-5-11-19-13(22-20-11)12-9-3-1-2-4-10(9)21-8-7-18-12/h1-4,12,18H,5-8H2. The van der Waals surface area contributed by atoms with Crippen LogP contribution in [0.25, 0.3) is 0 Å². The molecule has 0 fully saturated rings. The normalized spacial score (nSPS) is 18.4. The lowest BCUT2D eigenvalue weighted by molar-refractivity contribution is -0.134. The number of rotatable bonds is 3. The average Bonchev–Trinajstić information content (AvgIpc) is 2.84. The molecule has 8 heteroatoms. The zero-order valence-corrected chi connectivity index (χ0v) is 11.6. The molecule has 0 bridgehead atoms. The van der Waals surface area contributed by atoms with Gasteiger partial charge in [0.05, 0.1) is 6.42 Å². The number of nitrogens with one attached hydrogen (secondary N) is 1. The van der Waals surface area contributed by atoms with Gasteiger partial charge in [0.15, 0.2) is 5.82 Å². The van der Waals surface area contributed by atoms with Crippen LogP contribution in [0.2, 0.25) is 0 Å². The Morgan fingerprint density at radius 3 is 2.91 bits per heavy atom. The van der Waals surface area contributed by atoms with Gasteiger partial charge in [-0.15, -0.1) is 0 Å². The van der Waals surface area contributed by atoms with Gasteiger partial charge in [-0.3, -0.25) is 5.32 Å². The fraction of sp³-hybridized carbons (Fsp3) is 0.429. The molecule has 1 atom stereocenters. The number of ether oxygens (including phenoxy) is 1. The summed E-state index contributed by atoms with van der Waals surface area (Å²) in [5.41, 5.74) is 0.825. The van der Waals surface area contributed by atoms with Gasteiger partial charge in [-0.25, -0.2) is 0 Å². The van der Waals surface area contributed by atoms with Crippen molar-refractivity contribution in [3.8, 4) is 5.75 Å². The summed E-state index contributed by atoms with van der Waals surface area (Å²) in [4.78, 5) is 4.08. The number of hydrogen-bond donors (Lipinski definition) is 1. The van der Waals surface area contributed by atoms with Gasteiger partial charge in [0.25, 0.3) is 0 Å². The van der Waals surface area contributed by atoms with E-state index < -0.39 is 12.6 Å². The molecule has 2 heterocycles. The second-order valence-corrected chi connectivity index (χ2v) is 4.94. The number of hydrogen-bond acceptors (Lipinski definition) is 5. The number of fused-ring (bicyclic) bond motifs is 1. The van der Waals surface area contributed by atoms with E-state index in [1.54, 1.807) is 0 Å². The van der Waals surface area contributed by atoms with Gasteiger partial charge in [-0.1, -0.05) is 23.4 Å². The lowest BCUT2D eigenvalue weighted by atomic mass is 10.1. The largest absolute Gasteiger partial charge is 0.492 e. The predicted octanol–water partition coefficient (Wildman–Crippen LogP) is 2.64. The first-order valence-corrected chi connectivity index (χ1v) is 6.87. The number of para-hydroxylation sites is 1. The van der Waals surface area contributed by atoms with Crippen LogP contribution in [0, 0.1) is 0 Å². The Balaban J connectivity index is 1.81. The van der Waals surface area contributed by atoms with Gasteiger partial charge in [0.1, 0.15) is 18.4 Å². The fourth-order valence-corrected chi connectivity index (χ4v) is 2.28. The summed E-state index contributed by atoms with van der Waals surface area (Å²) >= 11 is 0. The average molecular weight is 313 g/mol. The lowest BCUT2D eigenvalue weighted by Gasteiger charge is -2.12. The van der Waals surface area contributed by atoms with E-state index in [1.807, 2.05) is 24.3 Å². The number of alkyl halides is 3.